The molecule has 1 aliphatic rings. The molecule has 16 heavy (non-hydrogen) atoms. The minimum Gasteiger partial charge on any atom is -0.339 e. The number of hydrogen-bond acceptors (Lipinski definition) is 4. The zero-order valence-corrected chi connectivity index (χ0v) is 10.1. The monoisotopic (exact) mass is 222 g/mol. The molecule has 4 nitrogen and oxygen atoms in total. The van der Waals surface area contributed by atoms with Gasteiger partial charge in [0.1, 0.15) is 5.78 Å². The first-order valence-electron chi connectivity index (χ1n) is 5.82. The minimum atomic E-state index is -0.0771. The summed E-state index contributed by atoms with van der Waals surface area (Å²) in [7, 11) is 0. The molecule has 0 aliphatic heterocycles. The van der Waals surface area contributed by atoms with E-state index in [4.69, 9.17) is 4.52 Å². The van der Waals surface area contributed by atoms with Crippen LogP contribution in [0.25, 0.3) is 0 Å². The van der Waals surface area contributed by atoms with E-state index in [9.17, 15) is 4.79 Å². The van der Waals surface area contributed by atoms with Gasteiger partial charge in [-0.25, -0.2) is 0 Å². The predicted molar refractivity (Wildman–Crippen MR) is 59.2 cm³/mol. The van der Waals surface area contributed by atoms with E-state index in [1.54, 1.807) is 0 Å². The van der Waals surface area contributed by atoms with E-state index in [1.165, 1.54) is 0 Å². The maximum absolute atomic E-state index is 11.1. The number of hydrogen-bond donors (Lipinski definition) is 0. The largest absolute Gasteiger partial charge is 0.339 e. The number of carbonyl (C=O) groups is 1. The normalized spacial score (nSPS) is 19.1. The number of nitrogens with zero attached hydrogens (tertiary/aromatic N) is 2. The van der Waals surface area contributed by atoms with Crippen LogP contribution in [0.5, 0.6) is 0 Å². The van der Waals surface area contributed by atoms with E-state index in [1.807, 2.05) is 0 Å². The molecule has 0 amide bonds. The van der Waals surface area contributed by atoms with Crippen LogP contribution in [0.4, 0.5) is 0 Å². The van der Waals surface area contributed by atoms with Crippen molar-refractivity contribution in [3.8, 4) is 0 Å². The maximum atomic E-state index is 11.1. The highest BCUT2D eigenvalue weighted by Gasteiger charge is 2.27. The highest BCUT2D eigenvalue weighted by Crippen LogP contribution is 2.31. The van der Waals surface area contributed by atoms with Crippen LogP contribution in [0.3, 0.4) is 0 Å². The molecule has 0 atom stereocenters. The van der Waals surface area contributed by atoms with Crippen LogP contribution in [0, 0.1) is 0 Å². The lowest BCUT2D eigenvalue weighted by molar-refractivity contribution is -0.120. The van der Waals surface area contributed by atoms with Crippen molar-refractivity contribution in [2.75, 3.05) is 0 Å². The fourth-order valence-corrected chi connectivity index (χ4v) is 1.89. The summed E-state index contributed by atoms with van der Waals surface area (Å²) in [5.74, 6) is 2.09. The molecule has 1 aromatic heterocycles. The topological polar surface area (TPSA) is 56.0 Å². The van der Waals surface area contributed by atoms with Gasteiger partial charge >= 0.3 is 0 Å². The smallest absolute Gasteiger partial charge is 0.229 e. The van der Waals surface area contributed by atoms with Crippen molar-refractivity contribution in [2.45, 2.75) is 57.8 Å². The number of carbonyl (C=O) groups excluding carboxylic acids is 1. The lowest BCUT2D eigenvalue weighted by atomic mass is 9.88. The van der Waals surface area contributed by atoms with Gasteiger partial charge in [0.15, 0.2) is 5.82 Å². The minimum absolute atomic E-state index is 0.0771. The van der Waals surface area contributed by atoms with E-state index in [-0.39, 0.29) is 11.3 Å². The van der Waals surface area contributed by atoms with Gasteiger partial charge in [0.2, 0.25) is 5.89 Å². The third kappa shape index (κ3) is 2.31. The zero-order valence-electron chi connectivity index (χ0n) is 10.1. The number of ketones is 1. The van der Waals surface area contributed by atoms with Crippen molar-refractivity contribution in [3.05, 3.63) is 11.7 Å². The molecule has 1 saturated carbocycles. The summed E-state index contributed by atoms with van der Waals surface area (Å²) in [5, 5.41) is 4.01. The fraction of sp³-hybridized carbons (Fsp3) is 0.750. The molecule has 0 aromatic carbocycles. The van der Waals surface area contributed by atoms with Crippen LogP contribution in [-0.4, -0.2) is 15.9 Å². The van der Waals surface area contributed by atoms with Gasteiger partial charge in [-0.3, -0.25) is 4.79 Å². The summed E-state index contributed by atoms with van der Waals surface area (Å²) < 4.78 is 5.29. The predicted octanol–water partition coefficient (Wildman–Crippen LogP) is 2.59. The molecular formula is C12H18N2O2. The first-order valence-corrected chi connectivity index (χ1v) is 5.82. The van der Waals surface area contributed by atoms with Crippen molar-refractivity contribution in [1.82, 2.24) is 10.1 Å². The average molecular weight is 222 g/mol. The van der Waals surface area contributed by atoms with E-state index in [0.29, 0.717) is 24.5 Å². The molecule has 1 fully saturated rings. The zero-order chi connectivity index (χ0) is 11.8. The summed E-state index contributed by atoms with van der Waals surface area (Å²) in [6, 6.07) is 0. The Kier molecular flexibility index (Phi) is 2.82. The van der Waals surface area contributed by atoms with E-state index in [2.05, 4.69) is 30.9 Å². The second kappa shape index (κ2) is 4.00. The summed E-state index contributed by atoms with van der Waals surface area (Å²) in [6.45, 7) is 6.18. The van der Waals surface area contributed by atoms with Gasteiger partial charge in [-0.2, -0.15) is 4.98 Å². The first-order chi connectivity index (χ1) is 7.47. The van der Waals surface area contributed by atoms with Crippen LogP contribution in [0.1, 0.15) is 64.1 Å². The standard InChI is InChI=1S/C12H18N2O2/c1-12(2,3)11-13-10(16-14-11)8-4-6-9(15)7-5-8/h8H,4-7H2,1-3H3. The van der Waals surface area contributed by atoms with Gasteiger partial charge in [0, 0.05) is 24.2 Å². The van der Waals surface area contributed by atoms with Crippen LogP contribution < -0.4 is 0 Å². The Labute approximate surface area is 95.4 Å². The molecule has 0 N–H and O–H groups in total. The van der Waals surface area contributed by atoms with Crippen molar-refractivity contribution >= 4 is 5.78 Å². The van der Waals surface area contributed by atoms with Crippen LogP contribution in [0.15, 0.2) is 4.52 Å². The number of rotatable bonds is 1. The molecule has 0 saturated heterocycles. The Morgan fingerprint density at radius 2 is 1.88 bits per heavy atom. The van der Waals surface area contributed by atoms with Gasteiger partial charge in [-0.1, -0.05) is 25.9 Å². The molecule has 0 bridgehead atoms. The molecule has 0 unspecified atom stereocenters. The highest BCUT2D eigenvalue weighted by atomic mass is 16.5. The molecule has 1 heterocycles. The quantitative estimate of drug-likeness (QED) is 0.732. The molecule has 0 spiro atoms. The molecule has 4 heteroatoms. The Balaban J connectivity index is 2.10. The van der Waals surface area contributed by atoms with E-state index < -0.39 is 0 Å². The first kappa shape index (κ1) is 11.3. The summed E-state index contributed by atoms with van der Waals surface area (Å²) in [5.41, 5.74) is -0.0771. The van der Waals surface area contributed by atoms with Gasteiger partial charge in [0.05, 0.1) is 0 Å². The Morgan fingerprint density at radius 1 is 1.25 bits per heavy atom. The van der Waals surface area contributed by atoms with Crippen molar-refractivity contribution in [1.29, 1.82) is 0 Å². The highest BCUT2D eigenvalue weighted by molar-refractivity contribution is 5.79. The van der Waals surface area contributed by atoms with Gasteiger partial charge in [0.25, 0.3) is 0 Å². The molecule has 2 rings (SSSR count). The van der Waals surface area contributed by atoms with Crippen molar-refractivity contribution < 1.29 is 9.32 Å². The molecule has 88 valence electrons. The van der Waals surface area contributed by atoms with E-state index >= 15 is 0 Å². The number of aromatic nitrogens is 2. The third-order valence-electron chi connectivity index (χ3n) is 3.01. The molecule has 1 aromatic rings. The van der Waals surface area contributed by atoms with Gasteiger partial charge in [-0.15, -0.1) is 0 Å². The third-order valence-corrected chi connectivity index (χ3v) is 3.01. The van der Waals surface area contributed by atoms with Crippen LogP contribution in [-0.2, 0) is 10.2 Å². The molecule has 0 radical (unpaired) electrons. The molecule has 1 aliphatic carbocycles. The van der Waals surface area contributed by atoms with Crippen molar-refractivity contribution in [2.24, 2.45) is 0 Å². The van der Waals surface area contributed by atoms with E-state index in [0.717, 1.165) is 18.7 Å². The second-order valence-corrected chi connectivity index (χ2v) is 5.52. The van der Waals surface area contributed by atoms with Gasteiger partial charge in [-0.05, 0) is 12.8 Å². The average Bonchev–Trinajstić information content (AvgIpc) is 2.67. The Bertz CT molecular complexity index is 380. The Morgan fingerprint density at radius 3 is 2.38 bits per heavy atom. The van der Waals surface area contributed by atoms with Crippen molar-refractivity contribution in [3.63, 3.8) is 0 Å². The lowest BCUT2D eigenvalue weighted by Gasteiger charge is -2.16. The van der Waals surface area contributed by atoms with Gasteiger partial charge < -0.3 is 4.52 Å². The Hall–Kier alpha value is -1.19. The summed E-state index contributed by atoms with van der Waals surface area (Å²) in [4.78, 5) is 15.6. The fourth-order valence-electron chi connectivity index (χ4n) is 1.89. The lowest BCUT2D eigenvalue weighted by Crippen LogP contribution is -2.15. The van der Waals surface area contributed by atoms with Crippen LogP contribution >= 0.6 is 0 Å². The summed E-state index contributed by atoms with van der Waals surface area (Å²) >= 11 is 0. The van der Waals surface area contributed by atoms with Crippen LogP contribution in [0.2, 0.25) is 0 Å². The maximum Gasteiger partial charge on any atom is 0.229 e. The summed E-state index contributed by atoms with van der Waals surface area (Å²) in [6.07, 6.45) is 3.00. The SMILES string of the molecule is CC(C)(C)c1noc(C2CCC(=O)CC2)n1. The molecular weight excluding hydrogens is 204 g/mol. The number of Topliss-reactive ketones (excluding diaryl/α,β-unsaturated/α-hetero) is 1. The second-order valence-electron chi connectivity index (χ2n) is 5.52.